The molecule has 0 spiro atoms. The molecule has 2 heterocycles. The summed E-state index contributed by atoms with van der Waals surface area (Å²) in [6, 6.07) is 19.1. The number of likely N-dealkylation sites (tertiary alicyclic amines) is 1. The van der Waals surface area contributed by atoms with Gasteiger partial charge in [-0.3, -0.25) is 9.59 Å². The molecule has 2 fully saturated rings. The van der Waals surface area contributed by atoms with E-state index >= 15 is 0 Å². The summed E-state index contributed by atoms with van der Waals surface area (Å²) in [6.45, 7) is 5.44. The Morgan fingerprint density at radius 3 is 2.28 bits per heavy atom. The maximum atomic E-state index is 12.8. The second kappa shape index (κ2) is 7.61. The Kier molecular flexibility index (Phi) is 5.15. The molecule has 0 aromatic heterocycles. The second-order valence-corrected chi connectivity index (χ2v) is 7.90. The van der Waals surface area contributed by atoms with E-state index in [1.807, 2.05) is 74.5 Å². The van der Waals surface area contributed by atoms with Crippen molar-refractivity contribution >= 4 is 11.9 Å². The predicted octanol–water partition coefficient (Wildman–Crippen LogP) is 3.22. The van der Waals surface area contributed by atoms with Crippen LogP contribution >= 0.6 is 0 Å². The fraction of sp³-hybridized carbons (Fsp3) is 0.391. The van der Waals surface area contributed by atoms with E-state index in [0.29, 0.717) is 6.54 Å². The lowest BCUT2D eigenvalue weighted by Gasteiger charge is -2.49. The van der Waals surface area contributed by atoms with E-state index in [0.717, 1.165) is 11.1 Å². The van der Waals surface area contributed by atoms with Crippen molar-refractivity contribution in [3.05, 3.63) is 71.8 Å². The molecule has 152 valence electrons. The molecular formula is C23H25NO5. The number of nitrogens with zero attached hydrogens (tertiary/aromatic N) is 1. The third-order valence-electron chi connectivity index (χ3n) is 5.28. The molecular weight excluding hydrogens is 370 g/mol. The van der Waals surface area contributed by atoms with Crippen molar-refractivity contribution in [3.63, 3.8) is 0 Å². The molecule has 1 amide bonds. The summed E-state index contributed by atoms with van der Waals surface area (Å²) in [5.74, 6) is -1.51. The van der Waals surface area contributed by atoms with Crippen LogP contribution in [0.2, 0.25) is 0 Å². The van der Waals surface area contributed by atoms with Gasteiger partial charge in [-0.15, -0.1) is 0 Å². The van der Waals surface area contributed by atoms with Crippen LogP contribution in [-0.4, -0.2) is 40.8 Å². The van der Waals surface area contributed by atoms with Crippen LogP contribution < -0.4 is 0 Å². The first kappa shape index (κ1) is 19.6. The van der Waals surface area contributed by atoms with E-state index in [1.165, 1.54) is 6.92 Å². The molecule has 2 aromatic carbocycles. The maximum Gasteiger partial charge on any atom is 0.303 e. The number of amides is 1. The Balaban J connectivity index is 1.66. The molecule has 2 aliphatic rings. The Morgan fingerprint density at radius 2 is 1.66 bits per heavy atom. The van der Waals surface area contributed by atoms with Crippen molar-refractivity contribution < 1.29 is 23.8 Å². The van der Waals surface area contributed by atoms with Gasteiger partial charge in [0.15, 0.2) is 5.79 Å². The lowest BCUT2D eigenvalue weighted by Crippen LogP contribution is -2.70. The van der Waals surface area contributed by atoms with E-state index in [-0.39, 0.29) is 12.0 Å². The number of hydrogen-bond acceptors (Lipinski definition) is 5. The van der Waals surface area contributed by atoms with Gasteiger partial charge in [0.25, 0.3) is 5.91 Å². The van der Waals surface area contributed by atoms with Crippen molar-refractivity contribution in [2.75, 3.05) is 0 Å². The van der Waals surface area contributed by atoms with Gasteiger partial charge in [-0.2, -0.15) is 0 Å². The van der Waals surface area contributed by atoms with Crippen molar-refractivity contribution in [1.29, 1.82) is 0 Å². The van der Waals surface area contributed by atoms with Gasteiger partial charge in [-0.25, -0.2) is 0 Å². The van der Waals surface area contributed by atoms with Gasteiger partial charge in [-0.1, -0.05) is 60.7 Å². The van der Waals surface area contributed by atoms with Gasteiger partial charge in [0, 0.05) is 13.5 Å². The van der Waals surface area contributed by atoms with E-state index in [2.05, 4.69) is 0 Å². The summed E-state index contributed by atoms with van der Waals surface area (Å²) >= 11 is 0. The number of β-lactam (4-membered cyclic amide) rings is 1. The predicted molar refractivity (Wildman–Crippen MR) is 106 cm³/mol. The smallest absolute Gasteiger partial charge is 0.303 e. The topological polar surface area (TPSA) is 65.1 Å². The number of hydrogen-bond donors (Lipinski definition) is 0. The summed E-state index contributed by atoms with van der Waals surface area (Å²) in [7, 11) is 0. The number of ether oxygens (including phenoxy) is 3. The molecule has 6 heteroatoms. The van der Waals surface area contributed by atoms with E-state index in [4.69, 9.17) is 14.2 Å². The highest BCUT2D eigenvalue weighted by atomic mass is 16.8. The molecule has 0 unspecified atom stereocenters. The zero-order valence-electron chi connectivity index (χ0n) is 16.8. The fourth-order valence-electron chi connectivity index (χ4n) is 4.09. The van der Waals surface area contributed by atoms with Gasteiger partial charge in [-0.05, 0) is 25.0 Å². The minimum atomic E-state index is -0.870. The van der Waals surface area contributed by atoms with Crippen LogP contribution in [0.5, 0.6) is 0 Å². The summed E-state index contributed by atoms with van der Waals surface area (Å²) in [4.78, 5) is 26.2. The van der Waals surface area contributed by atoms with E-state index in [1.54, 1.807) is 4.90 Å². The van der Waals surface area contributed by atoms with Gasteiger partial charge in [0.1, 0.15) is 18.2 Å². The molecule has 0 bridgehead atoms. The first-order chi connectivity index (χ1) is 13.9. The van der Waals surface area contributed by atoms with Crippen LogP contribution in [0, 0.1) is 0 Å². The van der Waals surface area contributed by atoms with Crippen molar-refractivity contribution in [2.45, 2.75) is 57.5 Å². The Bertz CT molecular complexity index is 883. The standard InChI is InChI=1S/C23H25NO5/c1-15(25)27-21-18(24(22(21)26)14-16-10-6-4-7-11-16)20-19(28-23(2,3)29-20)17-12-8-5-9-13-17/h4-13,18-21H,14H2,1-3H3/t18-,19-,20-,21+/m0/s1. The highest BCUT2D eigenvalue weighted by Crippen LogP contribution is 2.44. The van der Waals surface area contributed by atoms with Crippen LogP contribution in [0.25, 0.3) is 0 Å². The van der Waals surface area contributed by atoms with Crippen molar-refractivity contribution in [3.8, 4) is 0 Å². The van der Waals surface area contributed by atoms with Crippen LogP contribution in [-0.2, 0) is 30.3 Å². The number of esters is 1. The quantitative estimate of drug-likeness (QED) is 0.575. The molecule has 4 rings (SSSR count). The number of benzene rings is 2. The van der Waals surface area contributed by atoms with Gasteiger partial charge in [0.05, 0.1) is 0 Å². The number of rotatable bonds is 5. The highest BCUT2D eigenvalue weighted by molar-refractivity contribution is 5.90. The van der Waals surface area contributed by atoms with Gasteiger partial charge >= 0.3 is 5.97 Å². The summed E-state index contributed by atoms with van der Waals surface area (Å²) in [5.41, 5.74) is 1.96. The second-order valence-electron chi connectivity index (χ2n) is 7.90. The number of carbonyl (C=O) groups excluding carboxylic acids is 2. The molecule has 29 heavy (non-hydrogen) atoms. The van der Waals surface area contributed by atoms with Crippen molar-refractivity contribution in [1.82, 2.24) is 4.90 Å². The molecule has 0 aliphatic carbocycles. The fourth-order valence-corrected chi connectivity index (χ4v) is 4.09. The zero-order chi connectivity index (χ0) is 20.6. The van der Waals surface area contributed by atoms with Gasteiger partial charge in [0.2, 0.25) is 6.10 Å². The van der Waals surface area contributed by atoms with Gasteiger partial charge < -0.3 is 19.1 Å². The Labute approximate surface area is 170 Å². The zero-order valence-corrected chi connectivity index (χ0v) is 16.8. The lowest BCUT2D eigenvalue weighted by molar-refractivity contribution is -0.200. The third-order valence-corrected chi connectivity index (χ3v) is 5.28. The largest absolute Gasteiger partial charge is 0.450 e. The monoisotopic (exact) mass is 395 g/mol. The first-order valence-corrected chi connectivity index (χ1v) is 9.78. The third kappa shape index (κ3) is 3.91. The molecule has 0 N–H and O–H groups in total. The summed E-state index contributed by atoms with van der Waals surface area (Å²) in [5, 5.41) is 0. The minimum absolute atomic E-state index is 0.214. The Hall–Kier alpha value is -2.70. The molecule has 2 saturated heterocycles. The van der Waals surface area contributed by atoms with Crippen LogP contribution in [0.4, 0.5) is 0 Å². The average Bonchev–Trinajstić information content (AvgIpc) is 3.02. The molecule has 2 aliphatic heterocycles. The SMILES string of the molecule is CC(=O)O[C@H]1C(=O)N(Cc2ccccc2)[C@H]1[C@@H]1OC(C)(C)O[C@H]1c1ccccc1. The Morgan fingerprint density at radius 1 is 1.03 bits per heavy atom. The van der Waals surface area contributed by atoms with Crippen molar-refractivity contribution in [2.24, 2.45) is 0 Å². The highest BCUT2D eigenvalue weighted by Gasteiger charge is 2.59. The van der Waals surface area contributed by atoms with E-state index in [9.17, 15) is 9.59 Å². The van der Waals surface area contributed by atoms with E-state index < -0.39 is 30.0 Å². The molecule has 6 nitrogen and oxygen atoms in total. The summed E-state index contributed by atoms with van der Waals surface area (Å²) < 4.78 is 17.8. The molecule has 0 saturated carbocycles. The number of carbonyl (C=O) groups is 2. The normalized spacial score (nSPS) is 28.1. The lowest BCUT2D eigenvalue weighted by atomic mass is 9.86. The summed E-state index contributed by atoms with van der Waals surface area (Å²) in [6.07, 6.45) is -1.70. The van der Waals surface area contributed by atoms with Crippen LogP contribution in [0.15, 0.2) is 60.7 Å². The molecule has 0 radical (unpaired) electrons. The molecule has 4 atom stereocenters. The molecule has 2 aromatic rings. The van der Waals surface area contributed by atoms with Crippen LogP contribution in [0.3, 0.4) is 0 Å². The minimum Gasteiger partial charge on any atom is -0.450 e. The van der Waals surface area contributed by atoms with Crippen LogP contribution in [0.1, 0.15) is 38.0 Å². The average molecular weight is 395 g/mol. The maximum absolute atomic E-state index is 12.8. The first-order valence-electron chi connectivity index (χ1n) is 9.78.